The molecule has 1 N–H and O–H groups in total. The van der Waals surface area contributed by atoms with Crippen molar-refractivity contribution in [1.82, 2.24) is 5.32 Å². The number of hydrogen-bond donors (Lipinski definition) is 1. The van der Waals surface area contributed by atoms with Crippen molar-refractivity contribution in [2.75, 3.05) is 0 Å². The van der Waals surface area contributed by atoms with Gasteiger partial charge in [-0.3, -0.25) is 4.79 Å². The maximum Gasteiger partial charge on any atom is 0.251 e. The van der Waals surface area contributed by atoms with E-state index in [-0.39, 0.29) is 17.8 Å². The second-order valence-electron chi connectivity index (χ2n) is 4.44. The molecular weight excluding hydrogens is 255 g/mol. The third kappa shape index (κ3) is 3.21. The normalized spacial score (nSPS) is 11.4. The summed E-state index contributed by atoms with van der Waals surface area (Å²) in [5, 5.41) is 11.5. The van der Waals surface area contributed by atoms with Crippen LogP contribution in [0.2, 0.25) is 0 Å². The standard InChI is InChI=1S/C16H13FN2O/c1-11(13-6-8-15(17)9-7-13)19-16(20)14-4-2-12(10-18)3-5-14/h2-9,11H,1H3,(H,19,20). The van der Waals surface area contributed by atoms with E-state index in [9.17, 15) is 9.18 Å². The van der Waals surface area contributed by atoms with Gasteiger partial charge in [-0.05, 0) is 48.9 Å². The zero-order chi connectivity index (χ0) is 14.5. The summed E-state index contributed by atoms with van der Waals surface area (Å²) in [5.74, 6) is -0.536. The van der Waals surface area contributed by atoms with Gasteiger partial charge in [-0.2, -0.15) is 5.26 Å². The molecule has 0 saturated carbocycles. The van der Waals surface area contributed by atoms with Crippen LogP contribution in [0.1, 0.15) is 34.5 Å². The summed E-state index contributed by atoms with van der Waals surface area (Å²) in [5.41, 5.74) is 1.82. The number of carbonyl (C=O) groups is 1. The Morgan fingerprint density at radius 2 is 1.75 bits per heavy atom. The molecule has 1 unspecified atom stereocenters. The maximum absolute atomic E-state index is 12.8. The number of carbonyl (C=O) groups excluding carboxylic acids is 1. The lowest BCUT2D eigenvalue weighted by atomic mass is 10.1. The Hall–Kier alpha value is -2.67. The summed E-state index contributed by atoms with van der Waals surface area (Å²) in [6.07, 6.45) is 0. The van der Waals surface area contributed by atoms with E-state index in [1.807, 2.05) is 13.0 Å². The molecule has 2 rings (SSSR count). The van der Waals surface area contributed by atoms with Gasteiger partial charge in [0.25, 0.3) is 5.91 Å². The van der Waals surface area contributed by atoms with Gasteiger partial charge >= 0.3 is 0 Å². The number of benzene rings is 2. The Labute approximate surface area is 116 Å². The highest BCUT2D eigenvalue weighted by Crippen LogP contribution is 2.14. The predicted molar refractivity (Wildman–Crippen MR) is 73.4 cm³/mol. The number of nitrogens with zero attached hydrogens (tertiary/aromatic N) is 1. The van der Waals surface area contributed by atoms with Crippen LogP contribution in [-0.2, 0) is 0 Å². The molecule has 1 atom stereocenters. The number of nitrogens with one attached hydrogen (secondary N) is 1. The van der Waals surface area contributed by atoms with Crippen molar-refractivity contribution in [2.45, 2.75) is 13.0 Å². The molecule has 4 heteroatoms. The van der Waals surface area contributed by atoms with Crippen LogP contribution < -0.4 is 5.32 Å². The average Bonchev–Trinajstić information content (AvgIpc) is 2.48. The van der Waals surface area contributed by atoms with Gasteiger partial charge in [0.05, 0.1) is 17.7 Å². The van der Waals surface area contributed by atoms with Gasteiger partial charge < -0.3 is 5.32 Å². The van der Waals surface area contributed by atoms with E-state index in [0.29, 0.717) is 11.1 Å². The lowest BCUT2D eigenvalue weighted by Gasteiger charge is -2.14. The Morgan fingerprint density at radius 3 is 2.30 bits per heavy atom. The van der Waals surface area contributed by atoms with Crippen molar-refractivity contribution < 1.29 is 9.18 Å². The Morgan fingerprint density at radius 1 is 1.15 bits per heavy atom. The maximum atomic E-state index is 12.8. The van der Waals surface area contributed by atoms with Crippen molar-refractivity contribution in [3.05, 3.63) is 71.0 Å². The largest absolute Gasteiger partial charge is 0.346 e. The molecule has 0 aliphatic rings. The van der Waals surface area contributed by atoms with Gasteiger partial charge in [-0.25, -0.2) is 4.39 Å². The fourth-order valence-electron chi connectivity index (χ4n) is 1.81. The lowest BCUT2D eigenvalue weighted by Crippen LogP contribution is -2.26. The monoisotopic (exact) mass is 268 g/mol. The summed E-state index contributed by atoms with van der Waals surface area (Å²) in [6.45, 7) is 1.83. The van der Waals surface area contributed by atoms with E-state index in [2.05, 4.69) is 5.32 Å². The van der Waals surface area contributed by atoms with Crippen LogP contribution >= 0.6 is 0 Å². The Kier molecular flexibility index (Phi) is 4.11. The third-order valence-electron chi connectivity index (χ3n) is 2.99. The number of hydrogen-bond acceptors (Lipinski definition) is 2. The van der Waals surface area contributed by atoms with Crippen LogP contribution in [0.5, 0.6) is 0 Å². The van der Waals surface area contributed by atoms with Gasteiger partial charge in [-0.1, -0.05) is 12.1 Å². The van der Waals surface area contributed by atoms with E-state index in [1.165, 1.54) is 12.1 Å². The van der Waals surface area contributed by atoms with Crippen LogP contribution in [0.3, 0.4) is 0 Å². The molecule has 0 aliphatic heterocycles. The second kappa shape index (κ2) is 5.98. The van der Waals surface area contributed by atoms with Crippen LogP contribution in [0.15, 0.2) is 48.5 Å². The molecule has 0 radical (unpaired) electrons. The quantitative estimate of drug-likeness (QED) is 0.929. The topological polar surface area (TPSA) is 52.9 Å². The molecule has 0 fully saturated rings. The molecule has 20 heavy (non-hydrogen) atoms. The van der Waals surface area contributed by atoms with Gasteiger partial charge in [0, 0.05) is 5.56 Å². The minimum Gasteiger partial charge on any atom is -0.346 e. The minimum absolute atomic E-state index is 0.223. The predicted octanol–water partition coefficient (Wildman–Crippen LogP) is 3.19. The van der Waals surface area contributed by atoms with Crippen molar-refractivity contribution >= 4 is 5.91 Å². The molecule has 0 spiro atoms. The third-order valence-corrected chi connectivity index (χ3v) is 2.99. The average molecular weight is 268 g/mol. The van der Waals surface area contributed by atoms with Gasteiger partial charge in [0.15, 0.2) is 0 Å². The van der Waals surface area contributed by atoms with E-state index < -0.39 is 0 Å². The number of amides is 1. The van der Waals surface area contributed by atoms with E-state index in [1.54, 1.807) is 36.4 Å². The summed E-state index contributed by atoms with van der Waals surface area (Å²) in [4.78, 5) is 12.0. The van der Waals surface area contributed by atoms with Crippen molar-refractivity contribution in [3.8, 4) is 6.07 Å². The molecule has 0 saturated heterocycles. The minimum atomic E-state index is -0.306. The molecule has 0 aliphatic carbocycles. The second-order valence-corrected chi connectivity index (χ2v) is 4.44. The summed E-state index contributed by atoms with van der Waals surface area (Å²) in [7, 11) is 0. The first-order valence-electron chi connectivity index (χ1n) is 6.16. The van der Waals surface area contributed by atoms with Crippen LogP contribution in [0.25, 0.3) is 0 Å². The number of nitriles is 1. The van der Waals surface area contributed by atoms with Gasteiger partial charge in [0.1, 0.15) is 5.82 Å². The number of rotatable bonds is 3. The fourth-order valence-corrected chi connectivity index (χ4v) is 1.81. The van der Waals surface area contributed by atoms with Crippen molar-refractivity contribution in [3.63, 3.8) is 0 Å². The molecule has 1 amide bonds. The zero-order valence-corrected chi connectivity index (χ0v) is 10.9. The van der Waals surface area contributed by atoms with Gasteiger partial charge in [-0.15, -0.1) is 0 Å². The van der Waals surface area contributed by atoms with Gasteiger partial charge in [0.2, 0.25) is 0 Å². The summed E-state index contributed by atoms with van der Waals surface area (Å²) in [6, 6.07) is 14.2. The molecular formula is C16H13FN2O. The summed E-state index contributed by atoms with van der Waals surface area (Å²) >= 11 is 0. The zero-order valence-electron chi connectivity index (χ0n) is 10.9. The molecule has 0 heterocycles. The lowest BCUT2D eigenvalue weighted by molar-refractivity contribution is 0.0940. The number of halogens is 1. The highest BCUT2D eigenvalue weighted by molar-refractivity contribution is 5.94. The van der Waals surface area contributed by atoms with Crippen LogP contribution in [0, 0.1) is 17.1 Å². The van der Waals surface area contributed by atoms with Crippen molar-refractivity contribution in [1.29, 1.82) is 5.26 Å². The Balaban J connectivity index is 2.06. The SMILES string of the molecule is CC(NC(=O)c1ccc(C#N)cc1)c1ccc(F)cc1. The first-order valence-corrected chi connectivity index (χ1v) is 6.16. The van der Waals surface area contributed by atoms with E-state index in [4.69, 9.17) is 5.26 Å². The molecule has 0 bridgehead atoms. The summed E-state index contributed by atoms with van der Waals surface area (Å²) < 4.78 is 12.8. The van der Waals surface area contributed by atoms with Crippen LogP contribution in [0.4, 0.5) is 4.39 Å². The highest BCUT2D eigenvalue weighted by atomic mass is 19.1. The van der Waals surface area contributed by atoms with E-state index >= 15 is 0 Å². The van der Waals surface area contributed by atoms with Crippen molar-refractivity contribution in [2.24, 2.45) is 0 Å². The molecule has 3 nitrogen and oxygen atoms in total. The first kappa shape index (κ1) is 13.8. The first-order chi connectivity index (χ1) is 9.60. The molecule has 2 aromatic rings. The smallest absolute Gasteiger partial charge is 0.251 e. The Bertz CT molecular complexity index is 642. The molecule has 2 aromatic carbocycles. The fraction of sp³-hybridized carbons (Fsp3) is 0.125. The molecule has 0 aromatic heterocycles. The van der Waals surface area contributed by atoms with Crippen LogP contribution in [-0.4, -0.2) is 5.91 Å². The highest BCUT2D eigenvalue weighted by Gasteiger charge is 2.11. The molecule has 100 valence electrons. The van der Waals surface area contributed by atoms with E-state index in [0.717, 1.165) is 5.56 Å².